The number of thiazole rings is 1. The number of nitrogens with zero attached hydrogens (tertiary/aromatic N) is 2. The number of halogens is 2. The van der Waals surface area contributed by atoms with E-state index in [1.165, 1.54) is 31.4 Å². The van der Waals surface area contributed by atoms with Crippen molar-refractivity contribution in [3.05, 3.63) is 46.0 Å². The molecule has 3 rings (SSSR count). The Kier molecular flexibility index (Phi) is 7.20. The van der Waals surface area contributed by atoms with Gasteiger partial charge < -0.3 is 9.88 Å². The minimum atomic E-state index is -0.359. The number of amides is 1. The first-order valence-electron chi connectivity index (χ1n) is 8.34. The molecule has 0 spiro atoms. The quantitative estimate of drug-likeness (QED) is 0.850. The van der Waals surface area contributed by atoms with Crippen molar-refractivity contribution in [3.8, 4) is 0 Å². The van der Waals surface area contributed by atoms with E-state index in [2.05, 4.69) is 5.32 Å². The van der Waals surface area contributed by atoms with E-state index in [9.17, 15) is 9.18 Å². The third kappa shape index (κ3) is 5.41. The van der Waals surface area contributed by atoms with Crippen LogP contribution in [0.15, 0.2) is 34.6 Å². The fourth-order valence-corrected chi connectivity index (χ4v) is 3.95. The summed E-state index contributed by atoms with van der Waals surface area (Å²) >= 11 is 1.58. The number of carbonyl (C=O) groups is 1. The van der Waals surface area contributed by atoms with Crippen LogP contribution in [-0.4, -0.2) is 16.5 Å². The van der Waals surface area contributed by atoms with Crippen LogP contribution >= 0.6 is 23.7 Å². The van der Waals surface area contributed by atoms with Crippen LogP contribution < -0.4 is 10.1 Å². The Labute approximate surface area is 157 Å². The van der Waals surface area contributed by atoms with Gasteiger partial charge in [0.15, 0.2) is 4.80 Å². The normalized spacial score (nSPS) is 15.7. The summed E-state index contributed by atoms with van der Waals surface area (Å²) in [4.78, 5) is 18.0. The number of aromatic nitrogens is 1. The highest BCUT2D eigenvalue weighted by Crippen LogP contribution is 2.20. The Morgan fingerprint density at radius 2 is 2.12 bits per heavy atom. The lowest BCUT2D eigenvalue weighted by molar-refractivity contribution is -0.115. The molecule has 4 nitrogen and oxygen atoms in total. The van der Waals surface area contributed by atoms with Crippen molar-refractivity contribution in [1.29, 1.82) is 0 Å². The summed E-state index contributed by atoms with van der Waals surface area (Å²) in [7, 11) is 1.95. The monoisotopic (exact) mass is 383 g/mol. The maximum absolute atomic E-state index is 13.2. The van der Waals surface area contributed by atoms with Gasteiger partial charge in [0.25, 0.3) is 0 Å². The molecule has 0 unspecified atom stereocenters. The minimum Gasteiger partial charge on any atom is -0.326 e. The zero-order valence-electron chi connectivity index (χ0n) is 14.2. The summed E-state index contributed by atoms with van der Waals surface area (Å²) in [5, 5.41) is 4.71. The van der Waals surface area contributed by atoms with Gasteiger partial charge in [-0.15, -0.1) is 23.7 Å². The first-order valence-corrected chi connectivity index (χ1v) is 9.22. The summed E-state index contributed by atoms with van der Waals surface area (Å²) in [5.74, 6) is -0.513. The van der Waals surface area contributed by atoms with Crippen molar-refractivity contribution in [2.45, 2.75) is 44.6 Å². The van der Waals surface area contributed by atoms with Gasteiger partial charge in [0.05, 0.1) is 12.5 Å². The number of carbonyl (C=O) groups excluding carboxylic acids is 1. The van der Waals surface area contributed by atoms with Crippen LogP contribution in [0.4, 0.5) is 10.1 Å². The van der Waals surface area contributed by atoms with Gasteiger partial charge in [0, 0.05) is 23.8 Å². The van der Waals surface area contributed by atoms with Crippen molar-refractivity contribution in [1.82, 2.24) is 4.57 Å². The molecule has 0 radical (unpaired) electrons. The molecule has 0 saturated heterocycles. The van der Waals surface area contributed by atoms with E-state index in [4.69, 9.17) is 4.99 Å². The van der Waals surface area contributed by atoms with E-state index in [1.807, 2.05) is 17.0 Å². The molecule has 1 saturated carbocycles. The fraction of sp³-hybridized carbons (Fsp3) is 0.444. The van der Waals surface area contributed by atoms with Crippen molar-refractivity contribution < 1.29 is 9.18 Å². The minimum absolute atomic E-state index is 0. The molecular weight excluding hydrogens is 361 g/mol. The summed E-state index contributed by atoms with van der Waals surface area (Å²) in [5.41, 5.74) is 1.40. The molecule has 2 aromatic rings. The standard InChI is InChI=1S/C18H22FN3OS.ClH/c1-22-16(11-17(23)20-15-9-5-6-13(19)10-15)12-24-18(22)21-14-7-3-2-4-8-14;/h5-6,9-10,12,14H,2-4,7-8,11H2,1H3,(H,20,23);1H. The van der Waals surface area contributed by atoms with E-state index >= 15 is 0 Å². The molecule has 0 atom stereocenters. The molecule has 7 heteroatoms. The molecule has 1 aliphatic rings. The molecule has 25 heavy (non-hydrogen) atoms. The van der Waals surface area contributed by atoms with Crippen molar-refractivity contribution in [2.75, 3.05) is 5.32 Å². The fourth-order valence-electron chi connectivity index (χ4n) is 2.98. The zero-order chi connectivity index (χ0) is 16.9. The van der Waals surface area contributed by atoms with Gasteiger partial charge in [-0.05, 0) is 31.0 Å². The summed E-state index contributed by atoms with van der Waals surface area (Å²) in [6, 6.07) is 6.34. The van der Waals surface area contributed by atoms with Gasteiger partial charge >= 0.3 is 0 Å². The number of rotatable bonds is 4. The van der Waals surface area contributed by atoms with E-state index in [-0.39, 0.29) is 30.6 Å². The molecule has 1 N–H and O–H groups in total. The summed E-state index contributed by atoms with van der Waals surface area (Å²) < 4.78 is 15.2. The average molecular weight is 384 g/mol. The molecule has 136 valence electrons. The second-order valence-electron chi connectivity index (χ2n) is 6.22. The number of anilines is 1. The Morgan fingerprint density at radius 3 is 2.84 bits per heavy atom. The second kappa shape index (κ2) is 9.15. The predicted molar refractivity (Wildman–Crippen MR) is 102 cm³/mol. The second-order valence-corrected chi connectivity index (χ2v) is 7.06. The van der Waals surface area contributed by atoms with Gasteiger partial charge in [0.2, 0.25) is 5.91 Å². The first kappa shape index (κ1) is 19.7. The Balaban J connectivity index is 0.00000225. The van der Waals surface area contributed by atoms with Gasteiger partial charge in [-0.25, -0.2) is 4.39 Å². The number of nitrogens with one attached hydrogen (secondary N) is 1. The van der Waals surface area contributed by atoms with Crippen LogP contribution in [0.3, 0.4) is 0 Å². The third-order valence-corrected chi connectivity index (χ3v) is 5.32. The topological polar surface area (TPSA) is 46.4 Å². The third-order valence-electron chi connectivity index (χ3n) is 4.34. The highest BCUT2D eigenvalue weighted by atomic mass is 35.5. The number of benzene rings is 1. The lowest BCUT2D eigenvalue weighted by Crippen LogP contribution is -2.22. The van der Waals surface area contributed by atoms with Gasteiger partial charge in [0.1, 0.15) is 5.82 Å². The highest BCUT2D eigenvalue weighted by molar-refractivity contribution is 7.07. The van der Waals surface area contributed by atoms with E-state index in [1.54, 1.807) is 23.5 Å². The van der Waals surface area contributed by atoms with E-state index in [0.717, 1.165) is 23.3 Å². The van der Waals surface area contributed by atoms with Crippen molar-refractivity contribution in [3.63, 3.8) is 0 Å². The predicted octanol–water partition coefficient (Wildman–Crippen LogP) is 4.06. The number of hydrogen-bond acceptors (Lipinski definition) is 3. The Morgan fingerprint density at radius 1 is 1.36 bits per heavy atom. The molecule has 1 fully saturated rings. The zero-order valence-corrected chi connectivity index (χ0v) is 15.8. The number of hydrogen-bond donors (Lipinski definition) is 1. The molecule has 1 heterocycles. The SMILES string of the molecule is Cl.Cn1c(CC(=O)Nc2cccc(F)c2)csc1=NC1CCCCC1. The largest absolute Gasteiger partial charge is 0.326 e. The maximum atomic E-state index is 13.2. The molecule has 0 aliphatic heterocycles. The van der Waals surface area contributed by atoms with Crippen molar-refractivity contribution in [2.24, 2.45) is 12.0 Å². The lowest BCUT2D eigenvalue weighted by atomic mass is 9.96. The van der Waals surface area contributed by atoms with Crippen LogP contribution in [0, 0.1) is 5.82 Å². The van der Waals surface area contributed by atoms with Gasteiger partial charge in [-0.2, -0.15) is 0 Å². The van der Waals surface area contributed by atoms with Crippen molar-refractivity contribution >= 4 is 35.3 Å². The molecule has 0 bridgehead atoms. The van der Waals surface area contributed by atoms with Crippen LogP contribution in [0.1, 0.15) is 37.8 Å². The van der Waals surface area contributed by atoms with Crippen LogP contribution in [0.25, 0.3) is 0 Å². The van der Waals surface area contributed by atoms with E-state index in [0.29, 0.717) is 11.7 Å². The maximum Gasteiger partial charge on any atom is 0.230 e. The van der Waals surface area contributed by atoms with Crippen LogP contribution in [-0.2, 0) is 18.3 Å². The van der Waals surface area contributed by atoms with Crippen LogP contribution in [0.5, 0.6) is 0 Å². The molecule has 1 aromatic heterocycles. The Bertz CT molecular complexity index is 781. The molecule has 1 aromatic carbocycles. The lowest BCUT2D eigenvalue weighted by Gasteiger charge is -2.16. The Hall–Kier alpha value is -1.66. The summed E-state index contributed by atoms with van der Waals surface area (Å²) in [6.07, 6.45) is 6.40. The van der Waals surface area contributed by atoms with Gasteiger partial charge in [-0.3, -0.25) is 9.79 Å². The highest BCUT2D eigenvalue weighted by Gasteiger charge is 2.13. The molecule has 1 aliphatic carbocycles. The average Bonchev–Trinajstić information content (AvgIpc) is 2.89. The summed E-state index contributed by atoms with van der Waals surface area (Å²) in [6.45, 7) is 0. The molecule has 1 amide bonds. The van der Waals surface area contributed by atoms with Crippen LogP contribution in [0.2, 0.25) is 0 Å². The smallest absolute Gasteiger partial charge is 0.230 e. The van der Waals surface area contributed by atoms with Gasteiger partial charge in [-0.1, -0.05) is 25.3 Å². The van der Waals surface area contributed by atoms with E-state index < -0.39 is 0 Å². The first-order chi connectivity index (χ1) is 11.6. The molecular formula is C18H23ClFN3OS.